The summed E-state index contributed by atoms with van der Waals surface area (Å²) in [5.41, 5.74) is 0. The van der Waals surface area contributed by atoms with Crippen molar-refractivity contribution < 1.29 is 56.8 Å². The van der Waals surface area contributed by atoms with Crippen molar-refractivity contribution in [3.63, 3.8) is 0 Å². The average Bonchev–Trinajstić information content (AvgIpc) is 3.32. The van der Waals surface area contributed by atoms with E-state index in [1.165, 1.54) is 173 Å². The van der Waals surface area contributed by atoms with Crippen molar-refractivity contribution in [1.82, 2.24) is 0 Å². The molecule has 0 aliphatic carbocycles. The SMILES string of the molecule is CCCCCCC/C=C\C/C=C\CCCCCCCCCCCC(=O)OC(COC(=O)CCCCCCCCCCCCCCCCCCCCCC)COC1OC(CS(=O)(=O)O)C(O)C(O)C1O. The maximum Gasteiger partial charge on any atom is 0.306 e. The van der Waals surface area contributed by atoms with Crippen molar-refractivity contribution in [2.24, 2.45) is 0 Å². The highest BCUT2D eigenvalue weighted by molar-refractivity contribution is 7.85. The van der Waals surface area contributed by atoms with Gasteiger partial charge in [-0.05, 0) is 44.9 Å². The number of hydrogen-bond acceptors (Lipinski definition) is 11. The van der Waals surface area contributed by atoms with E-state index in [2.05, 4.69) is 38.2 Å². The van der Waals surface area contributed by atoms with Crippen LogP contribution < -0.4 is 0 Å². The van der Waals surface area contributed by atoms with Crippen molar-refractivity contribution in [3.8, 4) is 0 Å². The second kappa shape index (κ2) is 46.0. The van der Waals surface area contributed by atoms with E-state index >= 15 is 0 Å². The topological polar surface area (TPSA) is 186 Å². The molecule has 12 nitrogen and oxygen atoms in total. The summed E-state index contributed by atoms with van der Waals surface area (Å²) < 4.78 is 54.4. The molecule has 13 heteroatoms. The van der Waals surface area contributed by atoms with Gasteiger partial charge in [0, 0.05) is 12.8 Å². The largest absolute Gasteiger partial charge is 0.462 e. The quantitative estimate of drug-likeness (QED) is 0.0196. The Kier molecular flexibility index (Phi) is 43.4. The molecule has 0 aromatic carbocycles. The average molecular weight is 1000 g/mol. The van der Waals surface area contributed by atoms with Crippen molar-refractivity contribution >= 4 is 22.1 Å². The Bertz CT molecular complexity index is 1360. The van der Waals surface area contributed by atoms with Crippen molar-refractivity contribution in [2.75, 3.05) is 19.0 Å². The Labute approximate surface area is 421 Å². The van der Waals surface area contributed by atoms with E-state index in [1.807, 2.05) is 0 Å². The van der Waals surface area contributed by atoms with Gasteiger partial charge in [0.15, 0.2) is 12.4 Å². The molecule has 0 radical (unpaired) electrons. The van der Waals surface area contributed by atoms with Gasteiger partial charge >= 0.3 is 11.9 Å². The molecule has 4 N–H and O–H groups in total. The van der Waals surface area contributed by atoms with Crippen molar-refractivity contribution in [3.05, 3.63) is 24.3 Å². The number of ether oxygens (including phenoxy) is 4. The lowest BCUT2D eigenvalue weighted by molar-refractivity contribution is -0.297. The van der Waals surface area contributed by atoms with Gasteiger partial charge in [-0.15, -0.1) is 0 Å². The molecule has 0 bridgehead atoms. The van der Waals surface area contributed by atoms with Gasteiger partial charge in [-0.25, -0.2) is 0 Å². The predicted octanol–water partition coefficient (Wildman–Crippen LogP) is 13.5. The lowest BCUT2D eigenvalue weighted by atomic mass is 10.00. The van der Waals surface area contributed by atoms with Crippen LogP contribution in [0.2, 0.25) is 0 Å². The minimum absolute atomic E-state index is 0.163. The number of aliphatic hydroxyl groups excluding tert-OH is 3. The summed E-state index contributed by atoms with van der Waals surface area (Å²) in [5, 5.41) is 31.0. The molecule has 1 aliphatic rings. The maximum absolute atomic E-state index is 12.9. The van der Waals surface area contributed by atoms with Crippen molar-refractivity contribution in [1.29, 1.82) is 0 Å². The molecule has 0 amide bonds. The molecule has 6 unspecified atom stereocenters. The predicted molar refractivity (Wildman–Crippen MR) is 280 cm³/mol. The Morgan fingerprint density at radius 3 is 1.28 bits per heavy atom. The summed E-state index contributed by atoms with van der Waals surface area (Å²) >= 11 is 0. The third-order valence-electron chi connectivity index (χ3n) is 13.3. The molecule has 1 rings (SSSR count). The molecule has 1 saturated heterocycles. The van der Waals surface area contributed by atoms with Crippen LogP contribution in [0.15, 0.2) is 24.3 Å². The zero-order valence-corrected chi connectivity index (χ0v) is 44.8. The number of unbranched alkanes of at least 4 members (excludes halogenated alkanes) is 33. The van der Waals surface area contributed by atoms with Crippen LogP contribution in [0.25, 0.3) is 0 Å². The summed E-state index contributed by atoms with van der Waals surface area (Å²) in [5.74, 6) is -1.97. The fraction of sp³-hybridized carbons (Fsp3) is 0.893. The number of aliphatic hydroxyl groups is 3. The van der Waals surface area contributed by atoms with E-state index in [4.69, 9.17) is 18.9 Å². The van der Waals surface area contributed by atoms with Gasteiger partial charge in [-0.1, -0.05) is 231 Å². The molecular weight excluding hydrogens is 897 g/mol. The Morgan fingerprint density at radius 2 is 0.870 bits per heavy atom. The molecule has 0 aromatic rings. The van der Waals surface area contributed by atoms with Gasteiger partial charge in [-0.2, -0.15) is 8.42 Å². The zero-order valence-electron chi connectivity index (χ0n) is 43.9. The standard InChI is InChI=1S/C56H104O12S/c1-3-5-7-9-11-13-15-17-19-21-23-25-27-29-31-33-35-37-39-41-43-45-52(58)67-49(47-66-56-55(61)54(60)53(59)50(68-56)48-69(62,63)64)46-65-51(57)44-42-40-38-36-34-32-30-28-26-24-22-20-18-16-14-12-10-8-6-4-2/h15,17,21,23,49-50,53-56,59-61H,3-14,16,18-20,22,24-48H2,1-2H3,(H,62,63,64)/b17-15-,23-21-. The van der Waals surface area contributed by atoms with E-state index in [9.17, 15) is 37.9 Å². The number of carbonyl (C=O) groups is 2. The van der Waals surface area contributed by atoms with Gasteiger partial charge in [0.1, 0.15) is 36.8 Å². The van der Waals surface area contributed by atoms with Gasteiger partial charge in [-0.3, -0.25) is 14.1 Å². The van der Waals surface area contributed by atoms with E-state index < -0.39 is 71.2 Å². The first-order valence-electron chi connectivity index (χ1n) is 28.4. The van der Waals surface area contributed by atoms with Crippen LogP contribution in [0.4, 0.5) is 0 Å². The normalized spacial score (nSPS) is 19.2. The van der Waals surface area contributed by atoms with Crippen molar-refractivity contribution in [2.45, 2.75) is 301 Å². The third kappa shape index (κ3) is 40.3. The van der Waals surface area contributed by atoms with E-state index in [0.29, 0.717) is 12.8 Å². The van der Waals surface area contributed by atoms with Gasteiger partial charge < -0.3 is 34.3 Å². The third-order valence-corrected chi connectivity index (χ3v) is 14.0. The molecule has 0 spiro atoms. The van der Waals surface area contributed by atoms with Crippen LogP contribution in [-0.4, -0.2) is 96.0 Å². The second-order valence-electron chi connectivity index (χ2n) is 20.0. The molecular formula is C56H104O12S. The summed E-state index contributed by atoms with van der Waals surface area (Å²) in [7, 11) is -4.61. The molecule has 1 aliphatic heterocycles. The van der Waals surface area contributed by atoms with E-state index in [0.717, 1.165) is 51.4 Å². The van der Waals surface area contributed by atoms with Crippen LogP contribution in [0, 0.1) is 0 Å². The Hall–Kier alpha value is -1.87. The highest BCUT2D eigenvalue weighted by atomic mass is 32.2. The maximum atomic E-state index is 12.9. The van der Waals surface area contributed by atoms with Gasteiger partial charge in [0.25, 0.3) is 10.1 Å². The molecule has 0 saturated carbocycles. The number of allylic oxidation sites excluding steroid dienone is 4. The summed E-state index contributed by atoms with van der Waals surface area (Å²) in [6, 6.07) is 0. The molecule has 69 heavy (non-hydrogen) atoms. The number of rotatable bonds is 49. The lowest BCUT2D eigenvalue weighted by Gasteiger charge is -2.40. The Morgan fingerprint density at radius 1 is 0.493 bits per heavy atom. The fourth-order valence-corrected chi connectivity index (χ4v) is 9.58. The molecule has 6 atom stereocenters. The molecule has 406 valence electrons. The number of carbonyl (C=O) groups excluding carboxylic acids is 2. The minimum Gasteiger partial charge on any atom is -0.462 e. The summed E-state index contributed by atoms with van der Waals surface area (Å²) in [6.45, 7) is 3.80. The smallest absolute Gasteiger partial charge is 0.306 e. The van der Waals surface area contributed by atoms with Crippen LogP contribution in [-0.2, 0) is 38.7 Å². The summed E-state index contributed by atoms with van der Waals surface area (Å²) in [4.78, 5) is 25.6. The molecule has 0 aromatic heterocycles. The minimum atomic E-state index is -4.61. The van der Waals surface area contributed by atoms with E-state index in [1.54, 1.807) is 0 Å². The molecule has 1 heterocycles. The number of hydrogen-bond donors (Lipinski definition) is 4. The van der Waals surface area contributed by atoms with Gasteiger partial charge in [0.05, 0.1) is 6.61 Å². The van der Waals surface area contributed by atoms with Gasteiger partial charge in [0.2, 0.25) is 0 Å². The van der Waals surface area contributed by atoms with Crippen LogP contribution in [0.5, 0.6) is 0 Å². The highest BCUT2D eigenvalue weighted by Crippen LogP contribution is 2.24. The Balaban J connectivity index is 2.32. The lowest BCUT2D eigenvalue weighted by Crippen LogP contribution is -2.60. The van der Waals surface area contributed by atoms with Crippen LogP contribution >= 0.6 is 0 Å². The first-order valence-corrected chi connectivity index (χ1v) is 30.0. The molecule has 1 fully saturated rings. The first-order chi connectivity index (χ1) is 33.5. The fourth-order valence-electron chi connectivity index (χ4n) is 8.89. The number of esters is 2. The first kappa shape index (κ1) is 65.1. The van der Waals surface area contributed by atoms with E-state index in [-0.39, 0.29) is 19.4 Å². The monoisotopic (exact) mass is 1000 g/mol. The zero-order chi connectivity index (χ0) is 50.5. The van der Waals surface area contributed by atoms with Crippen LogP contribution in [0.1, 0.15) is 264 Å². The highest BCUT2D eigenvalue weighted by Gasteiger charge is 2.46. The second-order valence-corrected chi connectivity index (χ2v) is 21.5. The summed E-state index contributed by atoms with van der Waals surface area (Å²) in [6.07, 6.45) is 45.0. The van der Waals surface area contributed by atoms with Crippen LogP contribution in [0.3, 0.4) is 0 Å².